The van der Waals surface area contributed by atoms with E-state index in [1.807, 2.05) is 0 Å². The zero-order valence-electron chi connectivity index (χ0n) is 19.3. The van der Waals surface area contributed by atoms with Crippen molar-refractivity contribution in [3.05, 3.63) is 86.9 Å². The van der Waals surface area contributed by atoms with Crippen LogP contribution in [0.5, 0.6) is 0 Å². The third-order valence-corrected chi connectivity index (χ3v) is 6.24. The molecule has 2 N–H and O–H groups in total. The van der Waals surface area contributed by atoms with Crippen molar-refractivity contribution in [1.29, 1.82) is 0 Å². The maximum atomic E-state index is 13.0. The van der Waals surface area contributed by atoms with Gasteiger partial charge in [0.15, 0.2) is 0 Å². The predicted octanol–water partition coefficient (Wildman–Crippen LogP) is 4.11. The molecule has 198 valence electrons. The zero-order chi connectivity index (χ0) is 27.2. The van der Waals surface area contributed by atoms with Gasteiger partial charge < -0.3 is 5.32 Å². The second kappa shape index (κ2) is 11.9. The number of nitrogens with one attached hydrogen (secondary N) is 1. The number of carbonyl (C=O) groups is 1. The average Bonchev–Trinajstić information content (AvgIpc) is 2.80. The quantitative estimate of drug-likeness (QED) is 0.362. The van der Waals surface area contributed by atoms with E-state index < -0.39 is 39.9 Å². The van der Waals surface area contributed by atoms with Crippen LogP contribution in [-0.4, -0.2) is 46.9 Å². The molecular formula is C24H23ClF3N3O5S. The molecule has 3 rings (SSSR count). The molecule has 0 bridgehead atoms. The molecule has 0 aliphatic heterocycles. The molecule has 37 heavy (non-hydrogen) atoms. The number of hydrogen-bond donors (Lipinski definition) is 2. The van der Waals surface area contributed by atoms with Crippen LogP contribution >= 0.6 is 11.6 Å². The fourth-order valence-electron chi connectivity index (χ4n) is 3.52. The van der Waals surface area contributed by atoms with Crippen LogP contribution in [0.4, 0.5) is 13.2 Å². The maximum absolute atomic E-state index is 13.0. The summed E-state index contributed by atoms with van der Waals surface area (Å²) in [5.41, 5.74) is 1.07. The third-order valence-electron chi connectivity index (χ3n) is 5.26. The smallest absolute Gasteiger partial charge is 0.351 e. The van der Waals surface area contributed by atoms with Crippen LogP contribution in [0.1, 0.15) is 34.6 Å². The lowest BCUT2D eigenvalue weighted by atomic mass is 10.1. The SMILES string of the molecule is O=C(NCCS(=O)(=O)O)c1cccc(Cn2c(CCCC(F)(F)F)nc(-c3ccc(Cl)cc3)cc2=O)c1. The zero-order valence-corrected chi connectivity index (χ0v) is 20.9. The first-order valence-electron chi connectivity index (χ1n) is 11.1. The second-order valence-electron chi connectivity index (χ2n) is 8.20. The first-order chi connectivity index (χ1) is 17.3. The predicted molar refractivity (Wildman–Crippen MR) is 132 cm³/mol. The van der Waals surface area contributed by atoms with Gasteiger partial charge in [0.05, 0.1) is 18.0 Å². The molecule has 1 amide bonds. The minimum Gasteiger partial charge on any atom is -0.351 e. The fraction of sp³-hybridized carbons (Fsp3) is 0.292. The van der Waals surface area contributed by atoms with Crippen LogP contribution < -0.4 is 10.9 Å². The van der Waals surface area contributed by atoms with E-state index in [4.69, 9.17) is 16.2 Å². The lowest BCUT2D eigenvalue weighted by Crippen LogP contribution is -2.29. The lowest BCUT2D eigenvalue weighted by Gasteiger charge is -2.15. The van der Waals surface area contributed by atoms with E-state index in [0.29, 0.717) is 21.8 Å². The number of alkyl halides is 3. The summed E-state index contributed by atoms with van der Waals surface area (Å²) in [5.74, 6) is -1.09. The Hall–Kier alpha value is -3.22. The number of nitrogens with zero attached hydrogens (tertiary/aromatic N) is 2. The van der Waals surface area contributed by atoms with Crippen molar-refractivity contribution >= 4 is 27.6 Å². The van der Waals surface area contributed by atoms with Crippen molar-refractivity contribution in [1.82, 2.24) is 14.9 Å². The summed E-state index contributed by atoms with van der Waals surface area (Å²) in [4.78, 5) is 29.8. The molecule has 1 aromatic heterocycles. The van der Waals surface area contributed by atoms with Crippen molar-refractivity contribution in [2.45, 2.75) is 32.0 Å². The molecule has 13 heteroatoms. The van der Waals surface area contributed by atoms with Gasteiger partial charge in [-0.25, -0.2) is 4.98 Å². The van der Waals surface area contributed by atoms with Gasteiger partial charge in [-0.15, -0.1) is 0 Å². The Kier molecular flexibility index (Phi) is 9.11. The maximum Gasteiger partial charge on any atom is 0.389 e. The van der Waals surface area contributed by atoms with Crippen molar-refractivity contribution in [3.63, 3.8) is 0 Å². The molecule has 0 saturated carbocycles. The van der Waals surface area contributed by atoms with Gasteiger partial charge in [-0.3, -0.25) is 18.7 Å². The number of hydrogen-bond acceptors (Lipinski definition) is 5. The molecule has 0 aliphatic rings. The topological polar surface area (TPSA) is 118 Å². The molecule has 3 aromatic rings. The van der Waals surface area contributed by atoms with E-state index in [-0.39, 0.29) is 37.3 Å². The molecule has 8 nitrogen and oxygen atoms in total. The summed E-state index contributed by atoms with van der Waals surface area (Å²) >= 11 is 5.91. The molecule has 0 radical (unpaired) electrons. The summed E-state index contributed by atoms with van der Waals surface area (Å²) in [7, 11) is -4.24. The minimum atomic E-state index is -4.35. The van der Waals surface area contributed by atoms with Crippen molar-refractivity contribution < 1.29 is 30.9 Å². The largest absolute Gasteiger partial charge is 0.389 e. The monoisotopic (exact) mass is 557 g/mol. The van der Waals surface area contributed by atoms with Crippen LogP contribution in [0.3, 0.4) is 0 Å². The van der Waals surface area contributed by atoms with E-state index in [0.717, 1.165) is 0 Å². The molecule has 0 atom stereocenters. The third kappa shape index (κ3) is 8.99. The van der Waals surface area contributed by atoms with Gasteiger partial charge in [0.25, 0.3) is 21.6 Å². The van der Waals surface area contributed by atoms with Crippen molar-refractivity contribution in [2.75, 3.05) is 12.3 Å². The number of aryl methyl sites for hydroxylation is 1. The molecule has 0 saturated heterocycles. The molecule has 0 unspecified atom stereocenters. The Labute approximate surface area is 215 Å². The van der Waals surface area contributed by atoms with E-state index in [1.54, 1.807) is 36.4 Å². The van der Waals surface area contributed by atoms with Gasteiger partial charge in [0, 0.05) is 41.6 Å². The van der Waals surface area contributed by atoms with E-state index in [2.05, 4.69) is 10.3 Å². The second-order valence-corrected chi connectivity index (χ2v) is 10.2. The van der Waals surface area contributed by atoms with Crippen LogP contribution in [0.2, 0.25) is 5.02 Å². The summed E-state index contributed by atoms with van der Waals surface area (Å²) < 4.78 is 70.0. The molecule has 0 spiro atoms. The van der Waals surface area contributed by atoms with Crippen LogP contribution in [0.25, 0.3) is 11.3 Å². The summed E-state index contributed by atoms with van der Waals surface area (Å²) in [6.07, 6.45) is -5.76. The Bertz CT molecular complexity index is 1420. The minimum absolute atomic E-state index is 0.0553. The standard InChI is InChI=1S/C24H23ClF3N3O5S/c25-19-8-6-17(7-9-19)20-14-22(32)31(21(30-20)5-2-10-24(26,27)28)15-16-3-1-4-18(13-16)23(33)29-11-12-37(34,35)36/h1,3-4,6-9,13-14H,2,5,10-12,15H2,(H,29,33)(H,34,35,36). The number of aromatic nitrogens is 2. The summed E-state index contributed by atoms with van der Waals surface area (Å²) in [6.45, 7) is -0.360. The molecule has 2 aromatic carbocycles. The normalized spacial score (nSPS) is 11.9. The van der Waals surface area contributed by atoms with Crippen molar-refractivity contribution in [3.8, 4) is 11.3 Å². The number of halogens is 4. The first kappa shape index (κ1) is 28.4. The van der Waals surface area contributed by atoms with Gasteiger partial charge >= 0.3 is 6.18 Å². The van der Waals surface area contributed by atoms with Crippen LogP contribution in [-0.2, 0) is 23.1 Å². The average molecular weight is 558 g/mol. The Morgan fingerprint density at radius 2 is 1.81 bits per heavy atom. The van der Waals surface area contributed by atoms with Gasteiger partial charge in [0.2, 0.25) is 0 Å². The van der Waals surface area contributed by atoms with Gasteiger partial charge in [-0.2, -0.15) is 21.6 Å². The molecule has 1 heterocycles. The van der Waals surface area contributed by atoms with Gasteiger partial charge in [-0.05, 0) is 36.2 Å². The fourth-order valence-corrected chi connectivity index (χ4v) is 4.00. The van der Waals surface area contributed by atoms with Crippen LogP contribution in [0.15, 0.2) is 59.4 Å². The van der Waals surface area contributed by atoms with E-state index >= 15 is 0 Å². The van der Waals surface area contributed by atoms with E-state index in [1.165, 1.54) is 22.8 Å². The summed E-state index contributed by atoms with van der Waals surface area (Å²) in [5, 5.41) is 2.84. The van der Waals surface area contributed by atoms with Gasteiger partial charge in [0.1, 0.15) is 5.82 Å². The molecule has 0 aliphatic carbocycles. The first-order valence-corrected chi connectivity index (χ1v) is 13.1. The highest BCUT2D eigenvalue weighted by atomic mass is 35.5. The van der Waals surface area contributed by atoms with Crippen LogP contribution in [0, 0.1) is 0 Å². The Morgan fingerprint density at radius 3 is 2.46 bits per heavy atom. The molecule has 0 fully saturated rings. The lowest BCUT2D eigenvalue weighted by molar-refractivity contribution is -0.135. The summed E-state index contributed by atoms with van der Waals surface area (Å²) in [6, 6.07) is 13.9. The highest BCUT2D eigenvalue weighted by molar-refractivity contribution is 7.85. The Balaban J connectivity index is 1.88. The van der Waals surface area contributed by atoms with Crippen molar-refractivity contribution in [2.24, 2.45) is 0 Å². The Morgan fingerprint density at radius 1 is 1.11 bits per heavy atom. The number of amides is 1. The molecular weight excluding hydrogens is 535 g/mol. The van der Waals surface area contributed by atoms with Gasteiger partial charge in [-0.1, -0.05) is 35.9 Å². The highest BCUT2D eigenvalue weighted by Crippen LogP contribution is 2.23. The van der Waals surface area contributed by atoms with E-state index in [9.17, 15) is 31.2 Å². The number of carbonyl (C=O) groups excluding carboxylic acids is 1. The number of benzene rings is 2. The highest BCUT2D eigenvalue weighted by Gasteiger charge is 2.26. The number of rotatable bonds is 10.